The number of likely N-dealkylation sites (tertiary alicyclic amines) is 1. The molecule has 2 fully saturated rings. The lowest BCUT2D eigenvalue weighted by molar-refractivity contribution is -0.134. The molecule has 1 amide bonds. The van der Waals surface area contributed by atoms with Crippen LogP contribution >= 0.6 is 0 Å². The summed E-state index contributed by atoms with van der Waals surface area (Å²) in [6.45, 7) is 6.12. The SMILES string of the molecule is CCOc1cc(C)ccc1OCC(=O)N1CCCC1C1NNCC1c1ccncc1. The molecule has 7 nitrogen and oxygen atoms in total. The van der Waals surface area contributed by atoms with Gasteiger partial charge in [-0.1, -0.05) is 6.07 Å². The zero-order valence-electron chi connectivity index (χ0n) is 17.6. The van der Waals surface area contributed by atoms with Crippen molar-refractivity contribution >= 4 is 5.91 Å². The number of rotatable bonds is 7. The molecule has 0 spiro atoms. The van der Waals surface area contributed by atoms with Gasteiger partial charge in [-0.2, -0.15) is 0 Å². The van der Waals surface area contributed by atoms with Crippen LogP contribution in [-0.4, -0.2) is 54.2 Å². The van der Waals surface area contributed by atoms with E-state index in [4.69, 9.17) is 9.47 Å². The molecule has 1 aromatic heterocycles. The lowest BCUT2D eigenvalue weighted by Gasteiger charge is -2.32. The Morgan fingerprint density at radius 3 is 2.83 bits per heavy atom. The van der Waals surface area contributed by atoms with Gasteiger partial charge >= 0.3 is 0 Å². The Morgan fingerprint density at radius 1 is 1.20 bits per heavy atom. The van der Waals surface area contributed by atoms with E-state index in [0.717, 1.165) is 31.5 Å². The summed E-state index contributed by atoms with van der Waals surface area (Å²) in [5.74, 6) is 1.61. The quantitative estimate of drug-likeness (QED) is 0.730. The van der Waals surface area contributed by atoms with E-state index in [9.17, 15) is 4.79 Å². The van der Waals surface area contributed by atoms with E-state index in [0.29, 0.717) is 24.0 Å². The molecule has 3 atom stereocenters. The molecule has 0 saturated carbocycles. The first-order valence-electron chi connectivity index (χ1n) is 10.7. The van der Waals surface area contributed by atoms with E-state index >= 15 is 0 Å². The van der Waals surface area contributed by atoms with Crippen LogP contribution < -0.4 is 20.3 Å². The maximum absolute atomic E-state index is 13.1. The fourth-order valence-corrected chi connectivity index (χ4v) is 4.52. The number of aromatic nitrogens is 1. The molecule has 2 N–H and O–H groups in total. The van der Waals surface area contributed by atoms with E-state index in [2.05, 4.69) is 28.0 Å². The highest BCUT2D eigenvalue weighted by Crippen LogP contribution is 2.32. The zero-order chi connectivity index (χ0) is 20.9. The molecule has 30 heavy (non-hydrogen) atoms. The number of amides is 1. The van der Waals surface area contributed by atoms with Crippen molar-refractivity contribution in [3.8, 4) is 11.5 Å². The summed E-state index contributed by atoms with van der Waals surface area (Å²) in [5, 5.41) is 0. The number of hydrogen-bond acceptors (Lipinski definition) is 6. The lowest BCUT2D eigenvalue weighted by Crippen LogP contribution is -2.50. The largest absolute Gasteiger partial charge is 0.490 e. The minimum atomic E-state index is 0.0136. The first kappa shape index (κ1) is 20.6. The Hall–Kier alpha value is -2.64. The summed E-state index contributed by atoms with van der Waals surface area (Å²) in [6.07, 6.45) is 5.65. The maximum Gasteiger partial charge on any atom is 0.260 e. The number of hydrogen-bond donors (Lipinski definition) is 2. The second-order valence-electron chi connectivity index (χ2n) is 7.91. The van der Waals surface area contributed by atoms with E-state index in [1.165, 1.54) is 5.56 Å². The van der Waals surface area contributed by atoms with Gasteiger partial charge in [0.1, 0.15) is 0 Å². The smallest absolute Gasteiger partial charge is 0.260 e. The Morgan fingerprint density at radius 2 is 2.03 bits per heavy atom. The minimum absolute atomic E-state index is 0.0136. The molecule has 3 heterocycles. The number of carbonyl (C=O) groups excluding carboxylic acids is 1. The summed E-state index contributed by atoms with van der Waals surface area (Å²) >= 11 is 0. The third-order valence-electron chi connectivity index (χ3n) is 5.94. The Labute approximate surface area is 177 Å². The molecule has 2 aliphatic rings. The molecule has 2 aliphatic heterocycles. The number of pyridine rings is 1. The van der Waals surface area contributed by atoms with Crippen LogP contribution in [-0.2, 0) is 4.79 Å². The van der Waals surface area contributed by atoms with Gasteiger partial charge in [-0.25, -0.2) is 0 Å². The van der Waals surface area contributed by atoms with Gasteiger partial charge in [0, 0.05) is 43.5 Å². The average Bonchev–Trinajstić information content (AvgIpc) is 3.43. The number of ether oxygens (including phenoxy) is 2. The molecule has 0 aliphatic carbocycles. The Bertz CT molecular complexity index is 861. The van der Waals surface area contributed by atoms with Crippen molar-refractivity contribution < 1.29 is 14.3 Å². The van der Waals surface area contributed by atoms with Crippen LogP contribution in [0, 0.1) is 6.92 Å². The number of nitrogens with one attached hydrogen (secondary N) is 2. The van der Waals surface area contributed by atoms with Crippen LogP contribution in [0.4, 0.5) is 0 Å². The van der Waals surface area contributed by atoms with Crippen molar-refractivity contribution in [3.05, 3.63) is 53.9 Å². The van der Waals surface area contributed by atoms with Gasteiger partial charge in [-0.3, -0.25) is 20.6 Å². The zero-order valence-corrected chi connectivity index (χ0v) is 17.6. The van der Waals surface area contributed by atoms with Crippen LogP contribution in [0.25, 0.3) is 0 Å². The molecule has 3 unspecified atom stereocenters. The summed E-state index contributed by atoms with van der Waals surface area (Å²) in [7, 11) is 0. The molecular weight excluding hydrogens is 380 g/mol. The van der Waals surface area contributed by atoms with Crippen molar-refractivity contribution in [2.24, 2.45) is 0 Å². The fraction of sp³-hybridized carbons (Fsp3) is 0.478. The van der Waals surface area contributed by atoms with Gasteiger partial charge < -0.3 is 14.4 Å². The lowest BCUT2D eigenvalue weighted by atomic mass is 9.88. The van der Waals surface area contributed by atoms with Gasteiger partial charge in [0.05, 0.1) is 6.61 Å². The van der Waals surface area contributed by atoms with Crippen LogP contribution in [0.2, 0.25) is 0 Å². The highest BCUT2D eigenvalue weighted by atomic mass is 16.5. The monoisotopic (exact) mass is 410 g/mol. The topological polar surface area (TPSA) is 75.7 Å². The van der Waals surface area contributed by atoms with Crippen molar-refractivity contribution in [1.82, 2.24) is 20.7 Å². The molecule has 0 bridgehead atoms. The minimum Gasteiger partial charge on any atom is -0.490 e. The van der Waals surface area contributed by atoms with Gasteiger partial charge in [0.15, 0.2) is 18.1 Å². The summed E-state index contributed by atoms with van der Waals surface area (Å²) in [6, 6.07) is 10.2. The van der Waals surface area contributed by atoms with Gasteiger partial charge in [0.2, 0.25) is 0 Å². The molecule has 2 saturated heterocycles. The predicted molar refractivity (Wildman–Crippen MR) is 114 cm³/mol. The van der Waals surface area contributed by atoms with Gasteiger partial charge in [0.25, 0.3) is 5.91 Å². The van der Waals surface area contributed by atoms with Crippen molar-refractivity contribution in [1.29, 1.82) is 0 Å². The second-order valence-corrected chi connectivity index (χ2v) is 7.91. The number of aryl methyl sites for hydroxylation is 1. The molecular formula is C23H30N4O3. The molecule has 0 radical (unpaired) electrons. The molecule has 1 aromatic carbocycles. The number of benzene rings is 1. The van der Waals surface area contributed by atoms with E-state index in [1.54, 1.807) is 0 Å². The Kier molecular flexibility index (Phi) is 6.50. The van der Waals surface area contributed by atoms with Crippen LogP contribution in [0.1, 0.15) is 36.8 Å². The summed E-state index contributed by atoms with van der Waals surface area (Å²) in [5.41, 5.74) is 9.03. The average molecular weight is 411 g/mol. The van der Waals surface area contributed by atoms with Crippen molar-refractivity contribution in [2.45, 2.75) is 44.7 Å². The first-order chi connectivity index (χ1) is 14.7. The summed E-state index contributed by atoms with van der Waals surface area (Å²) in [4.78, 5) is 19.2. The van der Waals surface area contributed by atoms with Gasteiger partial charge in [-0.15, -0.1) is 0 Å². The number of nitrogens with zero attached hydrogens (tertiary/aromatic N) is 2. The first-order valence-corrected chi connectivity index (χ1v) is 10.7. The van der Waals surface area contributed by atoms with Crippen LogP contribution in [0.3, 0.4) is 0 Å². The standard InChI is InChI=1S/C23H30N4O3/c1-3-29-21-13-16(2)6-7-20(21)30-15-22(28)27-12-4-5-19(27)23-18(14-25-26-23)17-8-10-24-11-9-17/h6-11,13,18-19,23,25-26H,3-5,12,14-15H2,1-2H3. The van der Waals surface area contributed by atoms with E-state index in [-0.39, 0.29) is 24.6 Å². The van der Waals surface area contributed by atoms with Crippen molar-refractivity contribution in [3.63, 3.8) is 0 Å². The molecule has 4 rings (SSSR count). The third-order valence-corrected chi connectivity index (χ3v) is 5.94. The van der Waals surface area contributed by atoms with Crippen LogP contribution in [0.15, 0.2) is 42.7 Å². The van der Waals surface area contributed by atoms with E-state index < -0.39 is 0 Å². The second kappa shape index (κ2) is 9.45. The fourth-order valence-electron chi connectivity index (χ4n) is 4.52. The molecule has 160 valence electrons. The Balaban J connectivity index is 1.43. The number of carbonyl (C=O) groups is 1. The number of hydrazine groups is 1. The maximum atomic E-state index is 13.1. The third kappa shape index (κ3) is 4.42. The molecule has 2 aromatic rings. The highest BCUT2D eigenvalue weighted by molar-refractivity contribution is 5.78. The predicted octanol–water partition coefficient (Wildman–Crippen LogP) is 2.42. The normalized spacial score (nSPS) is 23.5. The van der Waals surface area contributed by atoms with Gasteiger partial charge in [-0.05, 0) is 62.1 Å². The summed E-state index contributed by atoms with van der Waals surface area (Å²) < 4.78 is 11.5. The highest BCUT2D eigenvalue weighted by Gasteiger charge is 2.41. The molecule has 7 heteroatoms. The van der Waals surface area contributed by atoms with E-state index in [1.807, 2.05) is 49.3 Å². The van der Waals surface area contributed by atoms with Crippen molar-refractivity contribution in [2.75, 3.05) is 26.3 Å². The van der Waals surface area contributed by atoms with Crippen LogP contribution in [0.5, 0.6) is 11.5 Å².